The van der Waals surface area contributed by atoms with Gasteiger partial charge in [0.25, 0.3) is 0 Å². The van der Waals surface area contributed by atoms with Crippen LogP contribution in [0.4, 0.5) is 17.6 Å². The standard InChI is InChI=1S/C22H32F4O2/c1-3-5-6-7-8-9-10-11-13-18(12-4-2)28-21(27)19-16-17(22(24,25)26)14-15-20(19)23/h14-16,18H,3-13H2,1-2H3. The van der Waals surface area contributed by atoms with E-state index in [9.17, 15) is 22.4 Å². The molecule has 1 aromatic rings. The number of carbonyl (C=O) groups excluding carboxylic acids is 1. The number of hydrogen-bond acceptors (Lipinski definition) is 2. The lowest BCUT2D eigenvalue weighted by Crippen LogP contribution is -2.20. The van der Waals surface area contributed by atoms with Crippen molar-refractivity contribution in [1.29, 1.82) is 0 Å². The smallest absolute Gasteiger partial charge is 0.416 e. The van der Waals surface area contributed by atoms with Crippen molar-refractivity contribution < 1.29 is 27.1 Å². The molecule has 0 spiro atoms. The van der Waals surface area contributed by atoms with Crippen molar-refractivity contribution in [3.05, 3.63) is 35.1 Å². The summed E-state index contributed by atoms with van der Waals surface area (Å²) >= 11 is 0. The van der Waals surface area contributed by atoms with Crippen molar-refractivity contribution in [2.45, 2.75) is 96.8 Å². The Labute approximate surface area is 165 Å². The maximum absolute atomic E-state index is 13.9. The van der Waals surface area contributed by atoms with E-state index in [0.717, 1.165) is 25.7 Å². The lowest BCUT2D eigenvalue weighted by atomic mass is 10.0. The second-order valence-electron chi connectivity index (χ2n) is 7.27. The maximum Gasteiger partial charge on any atom is 0.416 e. The molecule has 0 radical (unpaired) electrons. The minimum Gasteiger partial charge on any atom is -0.459 e. The van der Waals surface area contributed by atoms with Crippen LogP contribution >= 0.6 is 0 Å². The number of esters is 1. The normalized spacial score (nSPS) is 12.8. The van der Waals surface area contributed by atoms with Crippen LogP contribution in [0.1, 0.15) is 100 Å². The first kappa shape index (κ1) is 24.4. The molecule has 160 valence electrons. The highest BCUT2D eigenvalue weighted by Crippen LogP contribution is 2.30. The third-order valence-electron chi connectivity index (χ3n) is 4.78. The summed E-state index contributed by atoms with van der Waals surface area (Å²) in [6.45, 7) is 4.12. The minimum atomic E-state index is -4.64. The summed E-state index contributed by atoms with van der Waals surface area (Å²) in [5, 5.41) is 0. The summed E-state index contributed by atoms with van der Waals surface area (Å²) in [5.74, 6) is -2.03. The highest BCUT2D eigenvalue weighted by Gasteiger charge is 2.32. The van der Waals surface area contributed by atoms with Gasteiger partial charge in [0, 0.05) is 0 Å². The van der Waals surface area contributed by atoms with Crippen molar-refractivity contribution in [2.24, 2.45) is 0 Å². The van der Waals surface area contributed by atoms with Crippen molar-refractivity contribution in [1.82, 2.24) is 0 Å². The van der Waals surface area contributed by atoms with E-state index in [1.807, 2.05) is 6.92 Å². The van der Waals surface area contributed by atoms with Gasteiger partial charge in [-0.25, -0.2) is 9.18 Å². The summed E-state index contributed by atoms with van der Waals surface area (Å²) in [6.07, 6.45) is 6.21. The molecule has 1 aromatic carbocycles. The summed E-state index contributed by atoms with van der Waals surface area (Å²) in [5.41, 5.74) is -1.72. The molecule has 2 nitrogen and oxygen atoms in total. The van der Waals surface area contributed by atoms with Gasteiger partial charge in [-0.3, -0.25) is 0 Å². The average Bonchev–Trinajstić information content (AvgIpc) is 2.63. The first-order valence-corrected chi connectivity index (χ1v) is 10.4. The van der Waals surface area contributed by atoms with Crippen LogP contribution in [0, 0.1) is 5.82 Å². The second-order valence-corrected chi connectivity index (χ2v) is 7.27. The molecule has 0 heterocycles. The fourth-order valence-corrected chi connectivity index (χ4v) is 3.16. The summed E-state index contributed by atoms with van der Waals surface area (Å²) in [7, 11) is 0. The second kappa shape index (κ2) is 12.8. The van der Waals surface area contributed by atoms with E-state index in [1.54, 1.807) is 0 Å². The maximum atomic E-state index is 13.9. The number of hydrogen-bond donors (Lipinski definition) is 0. The van der Waals surface area contributed by atoms with Crippen molar-refractivity contribution in [2.75, 3.05) is 0 Å². The van der Waals surface area contributed by atoms with E-state index in [4.69, 9.17) is 4.74 Å². The molecule has 0 saturated heterocycles. The number of carbonyl (C=O) groups is 1. The third-order valence-corrected chi connectivity index (χ3v) is 4.78. The van der Waals surface area contributed by atoms with Crippen molar-refractivity contribution in [3.63, 3.8) is 0 Å². The average molecular weight is 404 g/mol. The van der Waals surface area contributed by atoms with E-state index in [0.29, 0.717) is 31.0 Å². The molecule has 0 saturated carbocycles. The quantitative estimate of drug-likeness (QED) is 0.191. The van der Waals surface area contributed by atoms with Crippen molar-refractivity contribution in [3.8, 4) is 0 Å². The summed E-state index contributed by atoms with van der Waals surface area (Å²) < 4.78 is 57.6. The van der Waals surface area contributed by atoms with Gasteiger partial charge in [0.05, 0.1) is 11.1 Å². The molecule has 0 amide bonds. The molecule has 0 fully saturated rings. The topological polar surface area (TPSA) is 26.3 Å². The zero-order valence-electron chi connectivity index (χ0n) is 16.9. The largest absolute Gasteiger partial charge is 0.459 e. The number of halogens is 4. The van der Waals surface area contributed by atoms with Gasteiger partial charge in [0.15, 0.2) is 0 Å². The molecule has 1 unspecified atom stereocenters. The Kier molecular flexibility index (Phi) is 11.2. The van der Waals surface area contributed by atoms with Crippen LogP contribution in [-0.4, -0.2) is 12.1 Å². The van der Waals surface area contributed by atoms with Gasteiger partial charge < -0.3 is 4.74 Å². The molecule has 1 atom stereocenters. The Balaban J connectivity index is 2.53. The number of ether oxygens (including phenoxy) is 1. The number of unbranched alkanes of at least 4 members (excludes halogenated alkanes) is 7. The molecule has 0 aromatic heterocycles. The molecule has 6 heteroatoms. The van der Waals surface area contributed by atoms with Crippen LogP contribution in [0.3, 0.4) is 0 Å². The lowest BCUT2D eigenvalue weighted by molar-refractivity contribution is -0.137. The van der Waals surface area contributed by atoms with Crippen LogP contribution in [0.25, 0.3) is 0 Å². The van der Waals surface area contributed by atoms with Crippen LogP contribution < -0.4 is 0 Å². The number of rotatable bonds is 13. The van der Waals surface area contributed by atoms with E-state index in [-0.39, 0.29) is 0 Å². The predicted octanol–water partition coefficient (Wildman–Crippen LogP) is 7.70. The fourth-order valence-electron chi connectivity index (χ4n) is 3.16. The molecule has 0 aliphatic heterocycles. The molecular weight excluding hydrogens is 372 g/mol. The monoisotopic (exact) mass is 404 g/mol. The van der Waals surface area contributed by atoms with Crippen LogP contribution in [0.2, 0.25) is 0 Å². The first-order chi connectivity index (χ1) is 13.3. The predicted molar refractivity (Wildman–Crippen MR) is 103 cm³/mol. The van der Waals surface area contributed by atoms with Gasteiger partial charge in [0.1, 0.15) is 11.9 Å². The van der Waals surface area contributed by atoms with E-state index in [2.05, 4.69) is 6.92 Å². The molecule has 28 heavy (non-hydrogen) atoms. The highest BCUT2D eigenvalue weighted by molar-refractivity contribution is 5.90. The highest BCUT2D eigenvalue weighted by atomic mass is 19.4. The SMILES string of the molecule is CCCCCCCCCCC(CCC)OC(=O)c1cc(C(F)(F)F)ccc1F. The molecule has 0 aliphatic rings. The Morgan fingerprint density at radius 3 is 2.11 bits per heavy atom. The Bertz CT molecular complexity index is 584. The van der Waals surface area contributed by atoms with Crippen LogP contribution in [0.15, 0.2) is 18.2 Å². The Hall–Kier alpha value is -1.59. The van der Waals surface area contributed by atoms with Gasteiger partial charge in [-0.15, -0.1) is 0 Å². The Morgan fingerprint density at radius 1 is 0.929 bits per heavy atom. The zero-order chi connectivity index (χ0) is 21.0. The number of alkyl halides is 3. The zero-order valence-corrected chi connectivity index (χ0v) is 16.9. The van der Waals surface area contributed by atoms with E-state index in [1.165, 1.54) is 32.1 Å². The molecule has 0 bridgehead atoms. The summed E-state index contributed by atoms with van der Waals surface area (Å²) in [6, 6.07) is 1.81. The van der Waals surface area contributed by atoms with Gasteiger partial charge in [-0.05, 0) is 37.5 Å². The number of benzene rings is 1. The van der Waals surface area contributed by atoms with Crippen LogP contribution in [-0.2, 0) is 10.9 Å². The third kappa shape index (κ3) is 9.07. The van der Waals surface area contributed by atoms with Gasteiger partial charge >= 0.3 is 12.1 Å². The van der Waals surface area contributed by atoms with E-state index >= 15 is 0 Å². The first-order valence-electron chi connectivity index (χ1n) is 10.4. The summed E-state index contributed by atoms with van der Waals surface area (Å²) in [4.78, 5) is 12.2. The van der Waals surface area contributed by atoms with Crippen LogP contribution in [0.5, 0.6) is 0 Å². The lowest BCUT2D eigenvalue weighted by Gasteiger charge is -2.18. The molecular formula is C22H32F4O2. The van der Waals surface area contributed by atoms with Crippen molar-refractivity contribution >= 4 is 5.97 Å². The van der Waals surface area contributed by atoms with Gasteiger partial charge in [-0.1, -0.05) is 65.2 Å². The van der Waals surface area contributed by atoms with E-state index < -0.39 is 35.2 Å². The molecule has 0 N–H and O–H groups in total. The van der Waals surface area contributed by atoms with Gasteiger partial charge in [-0.2, -0.15) is 13.2 Å². The molecule has 1 rings (SSSR count). The van der Waals surface area contributed by atoms with Gasteiger partial charge in [0.2, 0.25) is 0 Å². The fraction of sp³-hybridized carbons (Fsp3) is 0.682. The molecule has 0 aliphatic carbocycles. The minimum absolute atomic E-state index is 0.397. The Morgan fingerprint density at radius 2 is 1.54 bits per heavy atom.